The molecule has 31 heavy (non-hydrogen) atoms. The molecule has 0 bridgehead atoms. The lowest BCUT2D eigenvalue weighted by molar-refractivity contribution is 0.181. The van der Waals surface area contributed by atoms with E-state index in [1.807, 2.05) is 16.8 Å². The Morgan fingerprint density at radius 1 is 1.13 bits per heavy atom. The van der Waals surface area contributed by atoms with Crippen LogP contribution in [0.3, 0.4) is 0 Å². The fourth-order valence-corrected chi connectivity index (χ4v) is 4.73. The van der Waals surface area contributed by atoms with Crippen LogP contribution >= 0.6 is 0 Å². The van der Waals surface area contributed by atoms with Gasteiger partial charge in [-0.15, -0.1) is 10.2 Å². The van der Waals surface area contributed by atoms with Crippen LogP contribution in [0.5, 0.6) is 0 Å². The molecule has 3 aromatic heterocycles. The van der Waals surface area contributed by atoms with Gasteiger partial charge in [0, 0.05) is 19.3 Å². The van der Waals surface area contributed by atoms with Crippen LogP contribution in [-0.2, 0) is 11.3 Å². The van der Waals surface area contributed by atoms with Crippen LogP contribution in [0.2, 0.25) is 0 Å². The second kappa shape index (κ2) is 7.85. The van der Waals surface area contributed by atoms with Crippen molar-refractivity contribution in [2.45, 2.75) is 45.3 Å². The first-order valence-electron chi connectivity index (χ1n) is 10.6. The Labute approximate surface area is 178 Å². The van der Waals surface area contributed by atoms with E-state index < -0.39 is 0 Å². The Kier molecular flexibility index (Phi) is 5.02. The van der Waals surface area contributed by atoms with Crippen molar-refractivity contribution in [1.82, 2.24) is 24.4 Å². The van der Waals surface area contributed by atoms with Crippen LogP contribution in [0.4, 0.5) is 4.39 Å². The number of nitrogens with zero attached hydrogens (tertiary/aromatic N) is 5. The molecular formula is C23H24FN5O2. The maximum atomic E-state index is 13.5. The van der Waals surface area contributed by atoms with Gasteiger partial charge in [0.1, 0.15) is 11.3 Å². The van der Waals surface area contributed by atoms with Crippen molar-refractivity contribution in [2.24, 2.45) is 5.92 Å². The molecule has 0 spiro atoms. The van der Waals surface area contributed by atoms with Gasteiger partial charge in [-0.05, 0) is 42.5 Å². The van der Waals surface area contributed by atoms with Crippen LogP contribution in [0.1, 0.15) is 44.3 Å². The largest absolute Gasteiger partial charge is 0.378 e. The van der Waals surface area contributed by atoms with Gasteiger partial charge in [0.15, 0.2) is 11.2 Å². The number of pyridine rings is 1. The molecule has 1 aromatic carbocycles. The predicted molar refractivity (Wildman–Crippen MR) is 115 cm³/mol. The van der Waals surface area contributed by atoms with E-state index >= 15 is 0 Å². The van der Waals surface area contributed by atoms with Gasteiger partial charge in [0.25, 0.3) is 5.56 Å². The zero-order valence-electron chi connectivity index (χ0n) is 17.6. The van der Waals surface area contributed by atoms with Gasteiger partial charge in [0.05, 0.1) is 17.9 Å². The van der Waals surface area contributed by atoms with Crippen molar-refractivity contribution in [3.8, 4) is 11.1 Å². The van der Waals surface area contributed by atoms with E-state index in [0.717, 1.165) is 30.4 Å². The second-order valence-electron chi connectivity index (χ2n) is 8.29. The third kappa shape index (κ3) is 3.31. The molecule has 0 radical (unpaired) electrons. The minimum atomic E-state index is -0.317. The number of halogens is 1. The quantitative estimate of drug-likeness (QED) is 0.495. The molecule has 0 amide bonds. The lowest BCUT2D eigenvalue weighted by atomic mass is 9.85. The average Bonchev–Trinajstić information content (AvgIpc) is 3.14. The smallest absolute Gasteiger partial charge is 0.280 e. The molecule has 4 aromatic rings. The summed E-state index contributed by atoms with van der Waals surface area (Å²) in [6.45, 7) is 2.46. The molecule has 0 N–H and O–H groups in total. The first-order valence-corrected chi connectivity index (χ1v) is 10.6. The number of hydrogen-bond acceptors (Lipinski definition) is 5. The zero-order chi connectivity index (χ0) is 21.5. The fraction of sp³-hybridized carbons (Fsp3) is 0.391. The monoisotopic (exact) mass is 421 g/mol. The summed E-state index contributed by atoms with van der Waals surface area (Å²) in [7, 11) is 1.59. The molecule has 160 valence electrons. The van der Waals surface area contributed by atoms with Gasteiger partial charge in [-0.25, -0.2) is 8.91 Å². The van der Waals surface area contributed by atoms with Crippen molar-refractivity contribution in [1.29, 1.82) is 0 Å². The summed E-state index contributed by atoms with van der Waals surface area (Å²) in [5.74, 6) is 0.131. The lowest BCUT2D eigenvalue weighted by Crippen LogP contribution is -2.31. The molecule has 7 nitrogen and oxygen atoms in total. The fourth-order valence-electron chi connectivity index (χ4n) is 4.73. The lowest BCUT2D eigenvalue weighted by Gasteiger charge is -2.30. The topological polar surface area (TPSA) is 74.3 Å². The molecule has 0 aliphatic heterocycles. The molecule has 2 unspecified atom stereocenters. The maximum absolute atomic E-state index is 13.5. The van der Waals surface area contributed by atoms with Crippen molar-refractivity contribution < 1.29 is 9.13 Å². The summed E-state index contributed by atoms with van der Waals surface area (Å²) < 4.78 is 22.2. The van der Waals surface area contributed by atoms with Gasteiger partial charge in [0.2, 0.25) is 0 Å². The van der Waals surface area contributed by atoms with E-state index in [1.165, 1.54) is 18.6 Å². The first-order chi connectivity index (χ1) is 15.1. The summed E-state index contributed by atoms with van der Waals surface area (Å²) in [6, 6.07) is 8.22. The Balaban J connectivity index is 1.71. The highest BCUT2D eigenvalue weighted by Crippen LogP contribution is 2.33. The standard InChI is InChI=1S/C23H24FN5O2/c1-14-5-3-4-6-18(14)28-12-11-19-21(23(28)30)25-26-22-20(15-7-9-16(24)10-8-15)17(13-31-2)27-29(19)22/h7-12,14,18H,3-6,13H2,1-2H3. The first kappa shape index (κ1) is 19.8. The summed E-state index contributed by atoms with van der Waals surface area (Å²) in [5.41, 5.74) is 3.40. The predicted octanol–water partition coefficient (Wildman–Crippen LogP) is 4.14. The molecule has 2 atom stereocenters. The van der Waals surface area contributed by atoms with Crippen LogP contribution in [0.15, 0.2) is 41.3 Å². The molecule has 1 fully saturated rings. The van der Waals surface area contributed by atoms with E-state index in [9.17, 15) is 9.18 Å². The van der Waals surface area contributed by atoms with E-state index in [2.05, 4.69) is 22.2 Å². The number of methoxy groups -OCH3 is 1. The highest BCUT2D eigenvalue weighted by molar-refractivity contribution is 5.84. The molecule has 1 aliphatic rings. The van der Waals surface area contributed by atoms with E-state index in [-0.39, 0.29) is 24.0 Å². The number of benzene rings is 1. The SMILES string of the molecule is COCc1nn2c(nnc3c(=O)n(C4CCCCC4C)ccc32)c1-c1ccc(F)cc1. The molecule has 5 rings (SSSR count). The van der Waals surface area contributed by atoms with Gasteiger partial charge in [-0.1, -0.05) is 31.9 Å². The number of ether oxygens (including phenoxy) is 1. The number of fused-ring (bicyclic) bond motifs is 3. The second-order valence-corrected chi connectivity index (χ2v) is 8.29. The Morgan fingerprint density at radius 2 is 1.90 bits per heavy atom. The molecule has 8 heteroatoms. The summed E-state index contributed by atoms with van der Waals surface area (Å²) in [4.78, 5) is 13.3. The van der Waals surface area contributed by atoms with Crippen LogP contribution in [0, 0.1) is 11.7 Å². The Hall–Kier alpha value is -3.13. The number of hydrogen-bond donors (Lipinski definition) is 0. The van der Waals surface area contributed by atoms with Crippen molar-refractivity contribution >= 4 is 16.7 Å². The van der Waals surface area contributed by atoms with E-state index in [0.29, 0.717) is 28.3 Å². The third-order valence-corrected chi connectivity index (χ3v) is 6.32. The van der Waals surface area contributed by atoms with Crippen molar-refractivity contribution in [3.05, 3.63) is 58.4 Å². The Morgan fingerprint density at radius 3 is 2.65 bits per heavy atom. The van der Waals surface area contributed by atoms with Crippen LogP contribution in [0.25, 0.3) is 27.8 Å². The van der Waals surface area contributed by atoms with E-state index in [4.69, 9.17) is 4.74 Å². The maximum Gasteiger partial charge on any atom is 0.280 e. The summed E-state index contributed by atoms with van der Waals surface area (Å²) >= 11 is 0. The van der Waals surface area contributed by atoms with Gasteiger partial charge in [-0.2, -0.15) is 5.10 Å². The van der Waals surface area contributed by atoms with Gasteiger partial charge < -0.3 is 9.30 Å². The third-order valence-electron chi connectivity index (χ3n) is 6.32. The minimum Gasteiger partial charge on any atom is -0.378 e. The van der Waals surface area contributed by atoms with Crippen molar-refractivity contribution in [3.63, 3.8) is 0 Å². The van der Waals surface area contributed by atoms with Crippen LogP contribution in [-0.4, -0.2) is 31.5 Å². The van der Waals surface area contributed by atoms with Crippen LogP contribution < -0.4 is 5.56 Å². The number of rotatable bonds is 4. The molecule has 1 aliphatic carbocycles. The average molecular weight is 421 g/mol. The molecule has 3 heterocycles. The normalized spacial score (nSPS) is 19.3. The molecule has 1 saturated carbocycles. The summed E-state index contributed by atoms with van der Waals surface area (Å²) in [6.07, 6.45) is 6.32. The number of aromatic nitrogens is 5. The Bertz CT molecular complexity index is 1310. The molecule has 0 saturated heterocycles. The highest BCUT2D eigenvalue weighted by Gasteiger charge is 2.25. The summed E-state index contributed by atoms with van der Waals surface area (Å²) in [5, 5.41) is 13.3. The van der Waals surface area contributed by atoms with Crippen molar-refractivity contribution in [2.75, 3.05) is 7.11 Å². The van der Waals surface area contributed by atoms with Gasteiger partial charge >= 0.3 is 0 Å². The highest BCUT2D eigenvalue weighted by atomic mass is 19.1. The zero-order valence-corrected chi connectivity index (χ0v) is 17.6. The van der Waals surface area contributed by atoms with Gasteiger partial charge in [-0.3, -0.25) is 4.79 Å². The van der Waals surface area contributed by atoms with E-state index in [1.54, 1.807) is 23.8 Å². The molecular weight excluding hydrogens is 397 g/mol. The minimum absolute atomic E-state index is 0.141.